The van der Waals surface area contributed by atoms with Gasteiger partial charge in [-0.2, -0.15) is 0 Å². The van der Waals surface area contributed by atoms with E-state index in [1.54, 1.807) is 6.20 Å². The molecular weight excluding hydrogens is 248 g/mol. The van der Waals surface area contributed by atoms with Gasteiger partial charge in [0.2, 0.25) is 0 Å². The molecule has 0 amide bonds. The molecule has 0 saturated heterocycles. The summed E-state index contributed by atoms with van der Waals surface area (Å²) in [6, 6.07) is 5.67. The number of aromatic nitrogens is 2. The van der Waals surface area contributed by atoms with Crippen LogP contribution < -0.4 is 4.84 Å². The quantitative estimate of drug-likeness (QED) is 0.780. The van der Waals surface area contributed by atoms with E-state index < -0.39 is 5.97 Å². The monoisotopic (exact) mass is 254 g/mol. The second kappa shape index (κ2) is 3.42. The highest BCUT2D eigenvalue weighted by molar-refractivity contribution is 9.10. The number of fused-ring (bicyclic) bond motifs is 1. The number of halogens is 1. The van der Waals surface area contributed by atoms with Crippen molar-refractivity contribution in [2.45, 2.75) is 6.92 Å². The highest BCUT2D eigenvalue weighted by Crippen LogP contribution is 2.21. The van der Waals surface area contributed by atoms with Crippen LogP contribution in [-0.2, 0) is 4.79 Å². The molecule has 0 aliphatic heterocycles. The standard InChI is InChI=1S/C9H7BrN2O2/c1-6(13)14-12-5-7-3-2-4-8(10)9(7)11-12/h2-5H,1H3. The molecule has 0 radical (unpaired) electrons. The molecule has 1 heterocycles. The number of carbonyl (C=O) groups excluding carboxylic acids is 1. The average molecular weight is 255 g/mol. The fourth-order valence-electron chi connectivity index (χ4n) is 1.17. The molecule has 14 heavy (non-hydrogen) atoms. The van der Waals surface area contributed by atoms with E-state index in [2.05, 4.69) is 21.0 Å². The lowest BCUT2D eigenvalue weighted by molar-refractivity contribution is -0.142. The van der Waals surface area contributed by atoms with Crippen molar-refractivity contribution in [1.82, 2.24) is 9.94 Å². The number of nitrogens with zero attached hydrogens (tertiary/aromatic N) is 2. The summed E-state index contributed by atoms with van der Waals surface area (Å²) in [5.74, 6) is -0.395. The van der Waals surface area contributed by atoms with Gasteiger partial charge in [0.1, 0.15) is 5.52 Å². The maximum absolute atomic E-state index is 10.7. The second-order valence-electron chi connectivity index (χ2n) is 2.79. The lowest BCUT2D eigenvalue weighted by atomic mass is 10.3. The van der Waals surface area contributed by atoms with E-state index in [0.717, 1.165) is 20.2 Å². The molecule has 72 valence electrons. The molecule has 5 heteroatoms. The minimum Gasteiger partial charge on any atom is -0.320 e. The van der Waals surface area contributed by atoms with Crippen molar-refractivity contribution in [1.29, 1.82) is 0 Å². The normalized spacial score (nSPS) is 10.4. The summed E-state index contributed by atoms with van der Waals surface area (Å²) in [5, 5.41) is 5.00. The molecule has 0 aliphatic rings. The lowest BCUT2D eigenvalue weighted by Crippen LogP contribution is -2.16. The molecule has 0 fully saturated rings. The Morgan fingerprint density at radius 1 is 1.57 bits per heavy atom. The predicted molar refractivity (Wildman–Crippen MR) is 54.7 cm³/mol. The molecule has 0 N–H and O–H groups in total. The Balaban J connectivity index is 2.51. The Morgan fingerprint density at radius 3 is 3.00 bits per heavy atom. The van der Waals surface area contributed by atoms with Crippen molar-refractivity contribution in [2.24, 2.45) is 0 Å². The zero-order chi connectivity index (χ0) is 10.1. The molecular formula is C9H7BrN2O2. The first-order chi connectivity index (χ1) is 6.66. The van der Waals surface area contributed by atoms with Crippen LogP contribution in [0.25, 0.3) is 10.9 Å². The van der Waals surface area contributed by atoms with Crippen LogP contribution in [0.4, 0.5) is 0 Å². The van der Waals surface area contributed by atoms with Gasteiger partial charge in [0, 0.05) is 16.8 Å². The first kappa shape index (κ1) is 9.21. The van der Waals surface area contributed by atoms with Gasteiger partial charge in [0.05, 0.1) is 6.20 Å². The van der Waals surface area contributed by atoms with E-state index in [4.69, 9.17) is 4.84 Å². The SMILES string of the molecule is CC(=O)On1cc2cccc(Br)c2n1. The largest absolute Gasteiger partial charge is 0.331 e. The Hall–Kier alpha value is -1.36. The van der Waals surface area contributed by atoms with Gasteiger partial charge in [-0.05, 0) is 22.0 Å². The zero-order valence-corrected chi connectivity index (χ0v) is 8.98. The van der Waals surface area contributed by atoms with Crippen LogP contribution in [0.15, 0.2) is 28.9 Å². The van der Waals surface area contributed by atoms with Gasteiger partial charge in [0.15, 0.2) is 0 Å². The van der Waals surface area contributed by atoms with Gasteiger partial charge in [-0.3, -0.25) is 0 Å². The van der Waals surface area contributed by atoms with E-state index in [-0.39, 0.29) is 0 Å². The molecule has 0 atom stereocenters. The molecule has 2 rings (SSSR count). The van der Waals surface area contributed by atoms with E-state index in [9.17, 15) is 4.79 Å². The van der Waals surface area contributed by atoms with Crippen molar-refractivity contribution in [3.63, 3.8) is 0 Å². The number of hydrogen-bond acceptors (Lipinski definition) is 3. The minimum absolute atomic E-state index is 0.395. The van der Waals surface area contributed by atoms with E-state index in [1.807, 2.05) is 18.2 Å². The Morgan fingerprint density at radius 2 is 2.36 bits per heavy atom. The molecule has 0 spiro atoms. The van der Waals surface area contributed by atoms with Crippen LogP contribution in [0.1, 0.15) is 6.92 Å². The van der Waals surface area contributed by atoms with Crippen molar-refractivity contribution in [2.75, 3.05) is 0 Å². The van der Waals surface area contributed by atoms with Crippen LogP contribution in [0.5, 0.6) is 0 Å². The smallest absolute Gasteiger partial charge is 0.320 e. The Kier molecular flexibility index (Phi) is 2.25. The summed E-state index contributed by atoms with van der Waals surface area (Å²) in [6.45, 7) is 1.33. The number of benzene rings is 1. The molecule has 0 bridgehead atoms. The number of carbonyl (C=O) groups is 1. The Labute approximate surface area is 88.5 Å². The predicted octanol–water partition coefficient (Wildman–Crippen LogP) is 1.77. The summed E-state index contributed by atoms with van der Waals surface area (Å²) in [7, 11) is 0. The van der Waals surface area contributed by atoms with Crippen molar-refractivity contribution < 1.29 is 9.63 Å². The second-order valence-corrected chi connectivity index (χ2v) is 3.65. The first-order valence-corrected chi connectivity index (χ1v) is 4.79. The number of rotatable bonds is 1. The van der Waals surface area contributed by atoms with Gasteiger partial charge in [-0.1, -0.05) is 17.0 Å². The van der Waals surface area contributed by atoms with Gasteiger partial charge in [0.25, 0.3) is 0 Å². The van der Waals surface area contributed by atoms with E-state index >= 15 is 0 Å². The van der Waals surface area contributed by atoms with Gasteiger partial charge in [-0.15, -0.1) is 5.10 Å². The third kappa shape index (κ3) is 1.63. The van der Waals surface area contributed by atoms with Crippen molar-refractivity contribution in [3.05, 3.63) is 28.9 Å². The molecule has 0 saturated carbocycles. The highest BCUT2D eigenvalue weighted by Gasteiger charge is 2.05. The van der Waals surface area contributed by atoms with Crippen molar-refractivity contribution >= 4 is 32.8 Å². The highest BCUT2D eigenvalue weighted by atomic mass is 79.9. The topological polar surface area (TPSA) is 44.1 Å². The molecule has 2 aromatic rings. The zero-order valence-electron chi connectivity index (χ0n) is 7.40. The van der Waals surface area contributed by atoms with Gasteiger partial charge < -0.3 is 4.84 Å². The van der Waals surface area contributed by atoms with Gasteiger partial charge >= 0.3 is 5.97 Å². The third-order valence-electron chi connectivity index (χ3n) is 1.69. The number of hydrogen-bond donors (Lipinski definition) is 0. The Bertz CT molecular complexity index is 493. The van der Waals surface area contributed by atoms with E-state index in [1.165, 1.54) is 6.92 Å². The third-order valence-corrected chi connectivity index (χ3v) is 2.33. The van der Waals surface area contributed by atoms with Crippen LogP contribution in [-0.4, -0.2) is 15.9 Å². The minimum atomic E-state index is -0.395. The molecule has 1 aromatic carbocycles. The first-order valence-electron chi connectivity index (χ1n) is 3.99. The maximum atomic E-state index is 10.7. The van der Waals surface area contributed by atoms with E-state index in [0.29, 0.717) is 0 Å². The summed E-state index contributed by atoms with van der Waals surface area (Å²) >= 11 is 3.36. The summed E-state index contributed by atoms with van der Waals surface area (Å²) in [4.78, 5) is 16.6. The summed E-state index contributed by atoms with van der Waals surface area (Å²) in [6.07, 6.45) is 1.65. The average Bonchev–Trinajstić information content (AvgIpc) is 2.47. The lowest BCUT2D eigenvalue weighted by Gasteiger charge is -1.95. The molecule has 4 nitrogen and oxygen atoms in total. The fraction of sp³-hybridized carbons (Fsp3) is 0.111. The summed E-state index contributed by atoms with van der Waals surface area (Å²) < 4.78 is 0.876. The van der Waals surface area contributed by atoms with Crippen LogP contribution in [0.2, 0.25) is 0 Å². The summed E-state index contributed by atoms with van der Waals surface area (Å²) in [5.41, 5.74) is 0.772. The van der Waals surface area contributed by atoms with Crippen LogP contribution >= 0.6 is 15.9 Å². The van der Waals surface area contributed by atoms with Gasteiger partial charge in [-0.25, -0.2) is 4.79 Å². The maximum Gasteiger partial charge on any atom is 0.331 e. The van der Waals surface area contributed by atoms with Crippen molar-refractivity contribution in [3.8, 4) is 0 Å². The van der Waals surface area contributed by atoms with Crippen LogP contribution in [0, 0.1) is 0 Å². The molecule has 0 unspecified atom stereocenters. The molecule has 0 aliphatic carbocycles. The molecule has 1 aromatic heterocycles. The fourth-order valence-corrected chi connectivity index (χ4v) is 1.63. The van der Waals surface area contributed by atoms with Crippen LogP contribution in [0.3, 0.4) is 0 Å².